The molecule has 0 atom stereocenters. The maximum Gasteiger partial charge on any atom is 0.311 e. The molecule has 0 saturated heterocycles. The smallest absolute Gasteiger partial charge is 0.311 e. The van der Waals surface area contributed by atoms with Gasteiger partial charge in [0.25, 0.3) is 0 Å². The van der Waals surface area contributed by atoms with E-state index in [0.29, 0.717) is 5.56 Å². The largest absolute Gasteiger partial charge is 0.431 e. The van der Waals surface area contributed by atoms with Crippen LogP contribution in [0.2, 0.25) is 5.28 Å². The number of halogens is 2. The predicted molar refractivity (Wildman–Crippen MR) is 64.9 cm³/mol. The second-order valence-corrected chi connectivity index (χ2v) is 3.94. The van der Waals surface area contributed by atoms with Gasteiger partial charge < -0.3 is 4.74 Å². The fourth-order valence-electron chi connectivity index (χ4n) is 1.33. The molecule has 0 fully saturated rings. The molecule has 19 heavy (non-hydrogen) atoms. The number of nitrogens with zero attached hydrogens (tertiary/aromatic N) is 3. The number of ether oxygens (including phenoxy) is 1. The second kappa shape index (κ2) is 5.15. The highest BCUT2D eigenvalue weighted by Gasteiger charge is 2.18. The maximum absolute atomic E-state index is 13.1. The topological polar surface area (TPSA) is 78.2 Å². The van der Waals surface area contributed by atoms with Gasteiger partial charge in [-0.2, -0.15) is 4.98 Å². The lowest BCUT2D eigenvalue weighted by atomic mass is 10.3. The summed E-state index contributed by atoms with van der Waals surface area (Å²) >= 11 is 5.61. The van der Waals surface area contributed by atoms with E-state index < -0.39 is 10.7 Å². The number of nitro groups is 1. The highest BCUT2D eigenvalue weighted by atomic mass is 35.5. The average Bonchev–Trinajstić information content (AvgIpc) is 2.33. The van der Waals surface area contributed by atoms with Gasteiger partial charge in [0.1, 0.15) is 5.82 Å². The van der Waals surface area contributed by atoms with E-state index in [-0.39, 0.29) is 22.6 Å². The number of hydrogen-bond acceptors (Lipinski definition) is 5. The van der Waals surface area contributed by atoms with Crippen molar-refractivity contribution < 1.29 is 14.1 Å². The molecule has 0 radical (unpaired) electrons. The summed E-state index contributed by atoms with van der Waals surface area (Å²) in [6, 6.07) is 2.90. The number of aryl methyl sites for hydroxylation is 1. The third-order valence-electron chi connectivity index (χ3n) is 2.22. The second-order valence-electron chi connectivity index (χ2n) is 3.60. The SMILES string of the molecule is Cc1cnc(Cl)nc1Oc1cc(F)ccc1[N+](=O)[O-]. The third kappa shape index (κ3) is 2.94. The quantitative estimate of drug-likeness (QED) is 0.491. The molecule has 2 aromatic rings. The minimum Gasteiger partial charge on any atom is -0.431 e. The highest BCUT2D eigenvalue weighted by molar-refractivity contribution is 6.28. The van der Waals surface area contributed by atoms with E-state index in [0.717, 1.165) is 18.2 Å². The number of benzene rings is 1. The molecular weight excluding hydrogens is 277 g/mol. The van der Waals surface area contributed by atoms with Crippen molar-refractivity contribution in [2.45, 2.75) is 6.92 Å². The van der Waals surface area contributed by atoms with Crippen LogP contribution in [0.25, 0.3) is 0 Å². The Morgan fingerprint density at radius 1 is 1.47 bits per heavy atom. The van der Waals surface area contributed by atoms with Crippen molar-refractivity contribution in [1.82, 2.24) is 9.97 Å². The minimum absolute atomic E-state index is 0.0358. The predicted octanol–water partition coefficient (Wildman–Crippen LogP) is 3.28. The van der Waals surface area contributed by atoms with Crippen LogP contribution in [-0.2, 0) is 0 Å². The van der Waals surface area contributed by atoms with Gasteiger partial charge in [-0.05, 0) is 24.6 Å². The molecule has 1 aromatic carbocycles. The molecule has 0 aliphatic carbocycles. The van der Waals surface area contributed by atoms with Crippen molar-refractivity contribution >= 4 is 17.3 Å². The molecule has 98 valence electrons. The molecule has 1 heterocycles. The fourth-order valence-corrected chi connectivity index (χ4v) is 1.46. The van der Waals surface area contributed by atoms with Crippen LogP contribution in [0.5, 0.6) is 11.6 Å². The van der Waals surface area contributed by atoms with E-state index in [1.54, 1.807) is 6.92 Å². The number of hydrogen-bond donors (Lipinski definition) is 0. The Morgan fingerprint density at radius 2 is 2.21 bits per heavy atom. The Labute approximate surface area is 112 Å². The Balaban J connectivity index is 2.45. The zero-order valence-corrected chi connectivity index (χ0v) is 10.4. The van der Waals surface area contributed by atoms with Gasteiger partial charge in [-0.25, -0.2) is 9.37 Å². The van der Waals surface area contributed by atoms with Gasteiger partial charge in [0.2, 0.25) is 16.9 Å². The number of nitro benzene ring substituents is 1. The van der Waals surface area contributed by atoms with Crippen LogP contribution in [0.1, 0.15) is 5.56 Å². The first-order chi connectivity index (χ1) is 8.97. The van der Waals surface area contributed by atoms with E-state index in [1.807, 2.05) is 0 Å². The van der Waals surface area contributed by atoms with E-state index in [2.05, 4.69) is 9.97 Å². The number of aromatic nitrogens is 2. The van der Waals surface area contributed by atoms with Crippen molar-refractivity contribution in [2.24, 2.45) is 0 Å². The van der Waals surface area contributed by atoms with Gasteiger partial charge in [0.15, 0.2) is 0 Å². The first-order valence-electron chi connectivity index (χ1n) is 5.08. The summed E-state index contributed by atoms with van der Waals surface area (Å²) in [5.41, 5.74) is 0.151. The summed E-state index contributed by atoms with van der Waals surface area (Å²) in [5.74, 6) is -0.866. The van der Waals surface area contributed by atoms with E-state index in [1.165, 1.54) is 6.20 Å². The monoisotopic (exact) mass is 283 g/mol. The molecule has 0 N–H and O–H groups in total. The fraction of sp³-hybridized carbons (Fsp3) is 0.0909. The zero-order chi connectivity index (χ0) is 14.0. The standard InChI is InChI=1S/C11H7ClFN3O3/c1-6-5-14-11(12)15-10(6)19-9-4-7(13)2-3-8(9)16(17)18/h2-5H,1H3. The van der Waals surface area contributed by atoms with Gasteiger partial charge in [-0.15, -0.1) is 0 Å². The first kappa shape index (κ1) is 13.2. The summed E-state index contributed by atoms with van der Waals surface area (Å²) in [7, 11) is 0. The molecule has 0 bridgehead atoms. The Morgan fingerprint density at radius 3 is 2.89 bits per heavy atom. The van der Waals surface area contributed by atoms with Crippen LogP contribution >= 0.6 is 11.6 Å². The lowest BCUT2D eigenvalue weighted by Gasteiger charge is -2.07. The van der Waals surface area contributed by atoms with Crippen LogP contribution in [-0.4, -0.2) is 14.9 Å². The maximum atomic E-state index is 13.1. The molecule has 0 unspecified atom stereocenters. The van der Waals surface area contributed by atoms with Crippen LogP contribution in [0.3, 0.4) is 0 Å². The van der Waals surface area contributed by atoms with Crippen LogP contribution in [0, 0.1) is 22.9 Å². The van der Waals surface area contributed by atoms with E-state index in [9.17, 15) is 14.5 Å². The molecule has 0 aliphatic heterocycles. The van der Waals surface area contributed by atoms with Gasteiger partial charge in [-0.1, -0.05) is 0 Å². The van der Waals surface area contributed by atoms with Gasteiger partial charge >= 0.3 is 5.69 Å². The lowest BCUT2D eigenvalue weighted by molar-refractivity contribution is -0.385. The van der Waals surface area contributed by atoms with Crippen LogP contribution in [0.15, 0.2) is 24.4 Å². The average molecular weight is 284 g/mol. The Kier molecular flexibility index (Phi) is 3.57. The molecule has 6 nitrogen and oxygen atoms in total. The summed E-state index contributed by atoms with van der Waals surface area (Å²) in [6.07, 6.45) is 1.40. The van der Waals surface area contributed by atoms with Crippen molar-refractivity contribution in [3.05, 3.63) is 51.2 Å². The molecule has 2 rings (SSSR count). The Hall–Kier alpha value is -2.28. The molecular formula is C11H7ClFN3O3. The molecule has 8 heteroatoms. The molecule has 0 saturated carbocycles. The normalized spacial score (nSPS) is 10.3. The molecule has 0 amide bonds. The van der Waals surface area contributed by atoms with Gasteiger partial charge in [0, 0.05) is 23.9 Å². The molecule has 1 aromatic heterocycles. The van der Waals surface area contributed by atoms with Crippen LogP contribution < -0.4 is 4.74 Å². The Bertz CT molecular complexity index is 651. The van der Waals surface area contributed by atoms with E-state index in [4.69, 9.17) is 16.3 Å². The lowest BCUT2D eigenvalue weighted by Crippen LogP contribution is -1.98. The highest BCUT2D eigenvalue weighted by Crippen LogP contribution is 2.32. The van der Waals surface area contributed by atoms with Crippen molar-refractivity contribution in [1.29, 1.82) is 0 Å². The first-order valence-corrected chi connectivity index (χ1v) is 5.46. The molecule has 0 aliphatic rings. The van der Waals surface area contributed by atoms with Gasteiger partial charge in [0.05, 0.1) is 4.92 Å². The van der Waals surface area contributed by atoms with Crippen molar-refractivity contribution in [3.63, 3.8) is 0 Å². The summed E-state index contributed by atoms with van der Waals surface area (Å²) < 4.78 is 18.4. The zero-order valence-electron chi connectivity index (χ0n) is 9.63. The minimum atomic E-state index is -0.674. The third-order valence-corrected chi connectivity index (χ3v) is 2.40. The summed E-state index contributed by atoms with van der Waals surface area (Å²) in [6.45, 7) is 1.64. The van der Waals surface area contributed by atoms with Gasteiger partial charge in [-0.3, -0.25) is 10.1 Å². The summed E-state index contributed by atoms with van der Waals surface area (Å²) in [4.78, 5) is 17.7. The molecule has 0 spiro atoms. The van der Waals surface area contributed by atoms with E-state index >= 15 is 0 Å². The van der Waals surface area contributed by atoms with Crippen LogP contribution in [0.4, 0.5) is 10.1 Å². The number of rotatable bonds is 3. The summed E-state index contributed by atoms with van der Waals surface area (Å²) in [5, 5.41) is 10.7. The van der Waals surface area contributed by atoms with Crippen molar-refractivity contribution in [2.75, 3.05) is 0 Å². The van der Waals surface area contributed by atoms with Crippen molar-refractivity contribution in [3.8, 4) is 11.6 Å².